The number of aromatic nitrogens is 2. The highest BCUT2D eigenvalue weighted by Gasteiger charge is 2.11. The minimum atomic E-state index is -0.227. The van der Waals surface area contributed by atoms with Crippen molar-refractivity contribution in [1.82, 2.24) is 10.1 Å². The van der Waals surface area contributed by atoms with E-state index in [0.717, 1.165) is 0 Å². The fraction of sp³-hybridized carbons (Fsp3) is 0.667. The van der Waals surface area contributed by atoms with Crippen LogP contribution in [0.2, 0.25) is 0 Å². The Morgan fingerprint density at radius 2 is 1.83 bits per heavy atom. The summed E-state index contributed by atoms with van der Waals surface area (Å²) in [5.41, 5.74) is 11.0. The zero-order valence-corrected chi connectivity index (χ0v) is 7.84. The summed E-state index contributed by atoms with van der Waals surface area (Å²) < 4.78 is 4.82. The van der Waals surface area contributed by atoms with E-state index in [1.807, 2.05) is 0 Å². The Hall–Kier alpha value is -0.650. The van der Waals surface area contributed by atoms with Gasteiger partial charge in [0.2, 0.25) is 5.89 Å². The molecule has 0 radical (unpaired) electrons. The van der Waals surface area contributed by atoms with Gasteiger partial charge in [0, 0.05) is 0 Å². The predicted octanol–water partition coefficient (Wildman–Crippen LogP) is 0.531. The molecule has 0 saturated carbocycles. The number of rotatable bonds is 2. The molecule has 1 aromatic rings. The summed E-state index contributed by atoms with van der Waals surface area (Å²) in [7, 11) is 0. The van der Waals surface area contributed by atoms with Gasteiger partial charge in [-0.1, -0.05) is 5.16 Å². The molecule has 5 nitrogen and oxygen atoms in total. The molecule has 6 heteroatoms. The Morgan fingerprint density at radius 1 is 1.25 bits per heavy atom. The topological polar surface area (TPSA) is 91.0 Å². The number of hydrogen-bond donors (Lipinski definition) is 2. The molecule has 1 heterocycles. The SMILES string of the molecule is CC(N)c1noc([C@H](C)N)n1.Cl. The van der Waals surface area contributed by atoms with Crippen molar-refractivity contribution in [3.63, 3.8) is 0 Å². The number of nitrogens with two attached hydrogens (primary N) is 2. The molecular formula is C6H13ClN4O. The molecule has 0 spiro atoms. The predicted molar refractivity (Wildman–Crippen MR) is 46.8 cm³/mol. The van der Waals surface area contributed by atoms with Crippen LogP contribution in [0.5, 0.6) is 0 Å². The van der Waals surface area contributed by atoms with Crippen molar-refractivity contribution in [3.05, 3.63) is 11.7 Å². The first-order chi connectivity index (χ1) is 5.11. The number of halogens is 1. The fourth-order valence-electron chi connectivity index (χ4n) is 0.617. The second kappa shape index (κ2) is 4.39. The summed E-state index contributed by atoms with van der Waals surface area (Å²) in [5.74, 6) is 0.926. The maximum atomic E-state index is 5.50. The molecule has 0 aromatic carbocycles. The second-order valence-electron chi connectivity index (χ2n) is 2.57. The van der Waals surface area contributed by atoms with Gasteiger partial charge in [-0.2, -0.15) is 4.98 Å². The van der Waals surface area contributed by atoms with Crippen LogP contribution in [0, 0.1) is 0 Å². The highest BCUT2D eigenvalue weighted by atomic mass is 35.5. The standard InChI is InChI=1S/C6H12N4O.ClH/c1-3(7)5-9-6(4(2)8)11-10-5;/h3-4H,7-8H2,1-2H3;1H/t3?,4-;/m0./s1. The van der Waals surface area contributed by atoms with Gasteiger partial charge in [0.1, 0.15) is 0 Å². The van der Waals surface area contributed by atoms with Crippen LogP contribution in [0.15, 0.2) is 4.52 Å². The molecule has 12 heavy (non-hydrogen) atoms. The maximum Gasteiger partial charge on any atom is 0.243 e. The van der Waals surface area contributed by atoms with Crippen LogP contribution in [-0.2, 0) is 0 Å². The summed E-state index contributed by atoms with van der Waals surface area (Å²) in [6, 6.07) is -0.429. The molecular weight excluding hydrogens is 180 g/mol. The average Bonchev–Trinajstić information content (AvgIpc) is 2.33. The fourth-order valence-corrected chi connectivity index (χ4v) is 0.617. The van der Waals surface area contributed by atoms with E-state index in [1.165, 1.54) is 0 Å². The van der Waals surface area contributed by atoms with E-state index in [-0.39, 0.29) is 24.5 Å². The Labute approximate surface area is 76.9 Å². The molecule has 0 saturated heterocycles. The highest BCUT2D eigenvalue weighted by molar-refractivity contribution is 5.85. The van der Waals surface area contributed by atoms with E-state index >= 15 is 0 Å². The maximum absolute atomic E-state index is 5.50. The Morgan fingerprint density at radius 3 is 2.08 bits per heavy atom. The van der Waals surface area contributed by atoms with E-state index in [1.54, 1.807) is 13.8 Å². The summed E-state index contributed by atoms with van der Waals surface area (Å²) in [6.45, 7) is 3.56. The van der Waals surface area contributed by atoms with Crippen molar-refractivity contribution in [2.24, 2.45) is 11.5 Å². The Bertz CT molecular complexity index is 213. The van der Waals surface area contributed by atoms with Gasteiger partial charge < -0.3 is 16.0 Å². The quantitative estimate of drug-likeness (QED) is 0.714. The van der Waals surface area contributed by atoms with Gasteiger partial charge in [0.05, 0.1) is 12.1 Å². The molecule has 1 unspecified atom stereocenters. The molecule has 1 rings (SSSR count). The minimum absolute atomic E-state index is 0. The molecule has 0 fully saturated rings. The summed E-state index contributed by atoms with van der Waals surface area (Å²) in [5, 5.41) is 3.65. The van der Waals surface area contributed by atoms with Gasteiger partial charge in [-0.05, 0) is 13.8 Å². The zero-order valence-electron chi connectivity index (χ0n) is 7.02. The first-order valence-electron chi connectivity index (χ1n) is 3.46. The molecule has 1 aromatic heterocycles. The van der Waals surface area contributed by atoms with E-state index in [0.29, 0.717) is 11.7 Å². The summed E-state index contributed by atoms with van der Waals surface area (Å²) >= 11 is 0. The first kappa shape index (κ1) is 11.4. The molecule has 0 amide bonds. The smallest absolute Gasteiger partial charge is 0.243 e. The van der Waals surface area contributed by atoms with Crippen LogP contribution >= 0.6 is 12.4 Å². The zero-order chi connectivity index (χ0) is 8.43. The molecule has 0 bridgehead atoms. The average molecular weight is 193 g/mol. The van der Waals surface area contributed by atoms with Crippen LogP contribution < -0.4 is 11.5 Å². The van der Waals surface area contributed by atoms with Crippen molar-refractivity contribution in [2.75, 3.05) is 0 Å². The lowest BCUT2D eigenvalue weighted by molar-refractivity contribution is 0.355. The first-order valence-corrected chi connectivity index (χ1v) is 3.46. The van der Waals surface area contributed by atoms with Gasteiger partial charge in [-0.3, -0.25) is 0 Å². The molecule has 0 aliphatic rings. The van der Waals surface area contributed by atoms with E-state index < -0.39 is 0 Å². The van der Waals surface area contributed by atoms with Gasteiger partial charge in [-0.15, -0.1) is 12.4 Å². The van der Waals surface area contributed by atoms with Gasteiger partial charge in [-0.25, -0.2) is 0 Å². The summed E-state index contributed by atoms with van der Waals surface area (Å²) in [6.07, 6.45) is 0. The Kier molecular flexibility index (Phi) is 4.16. The summed E-state index contributed by atoms with van der Waals surface area (Å²) in [4.78, 5) is 3.98. The molecule has 70 valence electrons. The molecule has 0 aliphatic carbocycles. The lowest BCUT2D eigenvalue weighted by Crippen LogP contribution is -2.09. The second-order valence-corrected chi connectivity index (χ2v) is 2.57. The van der Waals surface area contributed by atoms with E-state index in [4.69, 9.17) is 16.0 Å². The molecule has 4 N–H and O–H groups in total. The molecule has 2 atom stereocenters. The van der Waals surface area contributed by atoms with Gasteiger partial charge >= 0.3 is 0 Å². The van der Waals surface area contributed by atoms with Crippen LogP contribution in [0.1, 0.15) is 37.6 Å². The normalized spacial score (nSPS) is 15.0. The third-order valence-corrected chi connectivity index (χ3v) is 1.25. The van der Waals surface area contributed by atoms with Gasteiger partial charge in [0.15, 0.2) is 5.82 Å². The van der Waals surface area contributed by atoms with E-state index in [9.17, 15) is 0 Å². The van der Waals surface area contributed by atoms with Crippen molar-refractivity contribution in [3.8, 4) is 0 Å². The van der Waals surface area contributed by atoms with Crippen molar-refractivity contribution >= 4 is 12.4 Å². The lowest BCUT2D eigenvalue weighted by atomic mass is 10.3. The van der Waals surface area contributed by atoms with Crippen LogP contribution in [0.4, 0.5) is 0 Å². The van der Waals surface area contributed by atoms with Crippen LogP contribution in [0.3, 0.4) is 0 Å². The molecule has 0 aliphatic heterocycles. The third-order valence-electron chi connectivity index (χ3n) is 1.25. The third kappa shape index (κ3) is 2.44. The number of hydrogen-bond acceptors (Lipinski definition) is 5. The van der Waals surface area contributed by atoms with Crippen LogP contribution in [-0.4, -0.2) is 10.1 Å². The lowest BCUT2D eigenvalue weighted by Gasteiger charge is -1.94. The number of nitrogens with zero attached hydrogens (tertiary/aromatic N) is 2. The minimum Gasteiger partial charge on any atom is -0.338 e. The Balaban J connectivity index is 0.00000121. The monoisotopic (exact) mass is 192 g/mol. The highest BCUT2D eigenvalue weighted by Crippen LogP contribution is 2.09. The van der Waals surface area contributed by atoms with Crippen molar-refractivity contribution in [1.29, 1.82) is 0 Å². The van der Waals surface area contributed by atoms with Crippen molar-refractivity contribution < 1.29 is 4.52 Å². The van der Waals surface area contributed by atoms with Crippen molar-refractivity contribution in [2.45, 2.75) is 25.9 Å². The van der Waals surface area contributed by atoms with Gasteiger partial charge in [0.25, 0.3) is 0 Å². The van der Waals surface area contributed by atoms with Crippen LogP contribution in [0.25, 0.3) is 0 Å². The largest absolute Gasteiger partial charge is 0.338 e. The van der Waals surface area contributed by atoms with E-state index in [2.05, 4.69) is 10.1 Å².